The molecule has 0 aromatic heterocycles. The van der Waals surface area contributed by atoms with Gasteiger partial charge in [-0.3, -0.25) is 9.10 Å². The lowest BCUT2D eigenvalue weighted by atomic mass is 10.2. The molecule has 0 aliphatic heterocycles. The number of sulfonamides is 1. The minimum atomic E-state index is -4.83. The molecule has 0 aliphatic rings. The van der Waals surface area contributed by atoms with Gasteiger partial charge < -0.3 is 10.1 Å². The molecular formula is C22H18BrF3N2O4S. The van der Waals surface area contributed by atoms with E-state index in [4.69, 9.17) is 0 Å². The number of hydrogen-bond acceptors (Lipinski definition) is 4. The van der Waals surface area contributed by atoms with Crippen molar-refractivity contribution >= 4 is 43.2 Å². The molecule has 0 spiro atoms. The molecule has 11 heteroatoms. The van der Waals surface area contributed by atoms with E-state index in [9.17, 15) is 26.4 Å². The average Bonchev–Trinajstić information content (AvgIpc) is 2.72. The second-order valence-corrected chi connectivity index (χ2v) is 9.70. The highest BCUT2D eigenvalue weighted by Gasteiger charge is 2.31. The SMILES string of the molecule is Cc1ccc(S(=O)(=O)N(CC(=O)Nc2ccc(OC(F)(F)F)cc2)c2cccc(Br)c2)cc1. The van der Waals surface area contributed by atoms with Crippen LogP contribution in [0.3, 0.4) is 0 Å². The van der Waals surface area contributed by atoms with Crippen molar-refractivity contribution in [3.63, 3.8) is 0 Å². The van der Waals surface area contributed by atoms with Crippen LogP contribution in [0.4, 0.5) is 24.5 Å². The van der Waals surface area contributed by atoms with Crippen LogP contribution in [-0.4, -0.2) is 27.2 Å². The zero-order valence-electron chi connectivity index (χ0n) is 17.1. The lowest BCUT2D eigenvalue weighted by Gasteiger charge is -2.24. The van der Waals surface area contributed by atoms with Crippen molar-refractivity contribution in [3.8, 4) is 5.75 Å². The molecule has 0 saturated heterocycles. The number of nitrogens with one attached hydrogen (secondary N) is 1. The molecule has 3 rings (SSSR count). The number of hydrogen-bond donors (Lipinski definition) is 1. The van der Waals surface area contributed by atoms with E-state index >= 15 is 0 Å². The van der Waals surface area contributed by atoms with E-state index in [1.807, 2.05) is 6.92 Å². The van der Waals surface area contributed by atoms with Gasteiger partial charge in [-0.05, 0) is 61.5 Å². The Balaban J connectivity index is 1.84. The standard InChI is InChI=1S/C22H18BrF3N2O4S/c1-15-5-11-20(12-6-15)33(30,31)28(18-4-2-3-16(23)13-18)14-21(29)27-17-7-9-19(10-8-17)32-22(24,25)26/h2-13H,14H2,1H3,(H,27,29). The summed E-state index contributed by atoms with van der Waals surface area (Å²) < 4.78 is 68.9. The van der Waals surface area contributed by atoms with Crippen molar-refractivity contribution in [1.82, 2.24) is 0 Å². The maximum Gasteiger partial charge on any atom is 0.573 e. The topological polar surface area (TPSA) is 75.7 Å². The van der Waals surface area contributed by atoms with Gasteiger partial charge in [0.2, 0.25) is 5.91 Å². The minimum Gasteiger partial charge on any atom is -0.406 e. The number of anilines is 2. The molecule has 1 amide bonds. The van der Waals surface area contributed by atoms with Gasteiger partial charge in [-0.1, -0.05) is 39.7 Å². The van der Waals surface area contributed by atoms with Gasteiger partial charge in [-0.25, -0.2) is 8.42 Å². The smallest absolute Gasteiger partial charge is 0.406 e. The molecule has 0 bridgehead atoms. The fourth-order valence-corrected chi connectivity index (χ4v) is 4.65. The van der Waals surface area contributed by atoms with Crippen molar-refractivity contribution in [3.05, 3.63) is 82.8 Å². The molecule has 0 fully saturated rings. The molecule has 174 valence electrons. The van der Waals surface area contributed by atoms with Gasteiger partial charge in [0.05, 0.1) is 10.6 Å². The summed E-state index contributed by atoms with van der Waals surface area (Å²) in [5, 5.41) is 2.49. The minimum absolute atomic E-state index is 0.00882. The molecule has 0 atom stereocenters. The van der Waals surface area contributed by atoms with E-state index in [0.29, 0.717) is 4.47 Å². The molecule has 0 aliphatic carbocycles. The fraction of sp³-hybridized carbons (Fsp3) is 0.136. The third-order valence-electron chi connectivity index (χ3n) is 4.36. The number of halogens is 4. The molecule has 6 nitrogen and oxygen atoms in total. The maximum atomic E-state index is 13.3. The second kappa shape index (κ2) is 9.84. The first-order chi connectivity index (χ1) is 15.4. The summed E-state index contributed by atoms with van der Waals surface area (Å²) in [6.45, 7) is 1.26. The first-order valence-electron chi connectivity index (χ1n) is 9.45. The number of ether oxygens (including phenoxy) is 1. The monoisotopic (exact) mass is 542 g/mol. The lowest BCUT2D eigenvalue weighted by Crippen LogP contribution is -2.38. The number of carbonyl (C=O) groups is 1. The normalized spacial score (nSPS) is 11.7. The Labute approximate surface area is 197 Å². The Morgan fingerprint density at radius 2 is 1.67 bits per heavy atom. The molecular weight excluding hydrogens is 525 g/mol. The summed E-state index contributed by atoms with van der Waals surface area (Å²) in [5.41, 5.74) is 1.31. The van der Waals surface area contributed by atoms with Gasteiger partial charge in [-0.15, -0.1) is 13.2 Å². The highest BCUT2D eigenvalue weighted by molar-refractivity contribution is 9.10. The summed E-state index contributed by atoms with van der Waals surface area (Å²) in [4.78, 5) is 12.7. The third-order valence-corrected chi connectivity index (χ3v) is 6.65. The van der Waals surface area contributed by atoms with Gasteiger partial charge in [-0.2, -0.15) is 0 Å². The van der Waals surface area contributed by atoms with Crippen molar-refractivity contribution in [2.24, 2.45) is 0 Å². The number of rotatable bonds is 7. The molecule has 0 saturated carbocycles. The number of alkyl halides is 3. The number of carbonyl (C=O) groups excluding carboxylic acids is 1. The van der Waals surface area contributed by atoms with Gasteiger partial charge in [0.15, 0.2) is 0 Å². The van der Waals surface area contributed by atoms with Crippen LogP contribution in [0.15, 0.2) is 82.2 Å². The van der Waals surface area contributed by atoms with Crippen LogP contribution in [0.25, 0.3) is 0 Å². The quantitative estimate of drug-likeness (QED) is 0.428. The number of aryl methyl sites for hydroxylation is 1. The fourth-order valence-electron chi connectivity index (χ4n) is 2.85. The summed E-state index contributed by atoms with van der Waals surface area (Å²) in [6.07, 6.45) is -4.83. The van der Waals surface area contributed by atoms with Crippen LogP contribution in [0, 0.1) is 6.92 Å². The Bertz CT molecular complexity index is 1230. The average molecular weight is 543 g/mol. The van der Waals surface area contributed by atoms with Crippen molar-refractivity contribution in [1.29, 1.82) is 0 Å². The van der Waals surface area contributed by atoms with E-state index in [2.05, 4.69) is 26.0 Å². The molecule has 33 heavy (non-hydrogen) atoms. The van der Waals surface area contributed by atoms with Crippen LogP contribution in [0.1, 0.15) is 5.56 Å². The van der Waals surface area contributed by atoms with E-state index in [1.165, 1.54) is 24.3 Å². The van der Waals surface area contributed by atoms with Crippen LogP contribution >= 0.6 is 15.9 Å². The highest BCUT2D eigenvalue weighted by Crippen LogP contribution is 2.27. The molecule has 0 heterocycles. The third kappa shape index (κ3) is 6.72. The first kappa shape index (κ1) is 24.6. The van der Waals surface area contributed by atoms with Crippen molar-refractivity contribution < 1.29 is 31.1 Å². The van der Waals surface area contributed by atoms with Gasteiger partial charge in [0.1, 0.15) is 12.3 Å². The largest absolute Gasteiger partial charge is 0.573 e. The Morgan fingerprint density at radius 3 is 2.24 bits per heavy atom. The number of amides is 1. The molecule has 0 radical (unpaired) electrons. The predicted molar refractivity (Wildman–Crippen MR) is 122 cm³/mol. The number of benzene rings is 3. The van der Waals surface area contributed by atoms with E-state index in [0.717, 1.165) is 22.0 Å². The van der Waals surface area contributed by atoms with Crippen LogP contribution in [0.2, 0.25) is 0 Å². The van der Waals surface area contributed by atoms with Crippen LogP contribution in [-0.2, 0) is 14.8 Å². The summed E-state index contributed by atoms with van der Waals surface area (Å²) in [7, 11) is -4.10. The van der Waals surface area contributed by atoms with E-state index in [1.54, 1.807) is 36.4 Å². The Kier molecular flexibility index (Phi) is 7.33. The Morgan fingerprint density at radius 1 is 1.03 bits per heavy atom. The summed E-state index contributed by atoms with van der Waals surface area (Å²) in [6, 6.07) is 17.2. The van der Waals surface area contributed by atoms with Crippen molar-refractivity contribution in [2.75, 3.05) is 16.2 Å². The van der Waals surface area contributed by atoms with Crippen LogP contribution < -0.4 is 14.4 Å². The van der Waals surface area contributed by atoms with E-state index < -0.39 is 34.6 Å². The second-order valence-electron chi connectivity index (χ2n) is 6.92. The zero-order chi connectivity index (χ0) is 24.2. The predicted octanol–water partition coefficient (Wildman–Crippen LogP) is 5.49. The number of nitrogens with zero attached hydrogens (tertiary/aromatic N) is 1. The van der Waals surface area contributed by atoms with Gasteiger partial charge >= 0.3 is 6.36 Å². The summed E-state index contributed by atoms with van der Waals surface area (Å²) >= 11 is 3.30. The van der Waals surface area contributed by atoms with E-state index in [-0.39, 0.29) is 16.3 Å². The summed E-state index contributed by atoms with van der Waals surface area (Å²) in [5.74, 6) is -1.13. The Hall–Kier alpha value is -3.05. The van der Waals surface area contributed by atoms with Gasteiger partial charge in [0, 0.05) is 10.2 Å². The lowest BCUT2D eigenvalue weighted by molar-refractivity contribution is -0.274. The maximum absolute atomic E-state index is 13.3. The highest BCUT2D eigenvalue weighted by atomic mass is 79.9. The molecule has 3 aromatic carbocycles. The van der Waals surface area contributed by atoms with Crippen molar-refractivity contribution in [2.45, 2.75) is 18.2 Å². The van der Waals surface area contributed by atoms with Gasteiger partial charge in [0.25, 0.3) is 10.0 Å². The molecule has 3 aromatic rings. The zero-order valence-corrected chi connectivity index (χ0v) is 19.5. The molecule has 1 N–H and O–H groups in total. The first-order valence-corrected chi connectivity index (χ1v) is 11.7. The van der Waals surface area contributed by atoms with Crippen LogP contribution in [0.5, 0.6) is 5.75 Å². The molecule has 0 unspecified atom stereocenters.